The summed E-state index contributed by atoms with van der Waals surface area (Å²) in [6.45, 7) is 0. The molecule has 1 rings (SSSR count). The average Bonchev–Trinajstić information content (AvgIpc) is 2.18. The van der Waals surface area contributed by atoms with Crippen molar-refractivity contribution in [2.24, 2.45) is 0 Å². The molecule has 0 bridgehead atoms. The minimum Gasteiger partial charge on any atom is -0.480 e. The van der Waals surface area contributed by atoms with E-state index < -0.39 is 12.0 Å². The molecule has 0 spiro atoms. The largest absolute Gasteiger partial charge is 0.480 e. The standard InChI is InChI=1S/C12H17NO2/c1-13(2)11(12(14)15)9-8-10-6-4-3-5-7-10/h3-7,11H,8-9H2,1-2H3,(H,14,15). The van der Waals surface area contributed by atoms with Crippen molar-refractivity contribution in [2.45, 2.75) is 18.9 Å². The molecular formula is C12H17NO2. The third kappa shape index (κ3) is 3.72. The Hall–Kier alpha value is -1.35. The highest BCUT2D eigenvalue weighted by atomic mass is 16.4. The lowest BCUT2D eigenvalue weighted by atomic mass is 10.0. The highest BCUT2D eigenvalue weighted by molar-refractivity contribution is 5.73. The minimum absolute atomic E-state index is 0.398. The summed E-state index contributed by atoms with van der Waals surface area (Å²) >= 11 is 0. The van der Waals surface area contributed by atoms with Gasteiger partial charge < -0.3 is 5.11 Å². The molecule has 0 saturated heterocycles. The molecule has 3 heteroatoms. The number of nitrogens with zero attached hydrogens (tertiary/aromatic N) is 1. The summed E-state index contributed by atoms with van der Waals surface area (Å²) in [5.41, 5.74) is 1.19. The van der Waals surface area contributed by atoms with Crippen molar-refractivity contribution in [3.05, 3.63) is 35.9 Å². The average molecular weight is 207 g/mol. The summed E-state index contributed by atoms with van der Waals surface area (Å²) < 4.78 is 0. The van der Waals surface area contributed by atoms with Gasteiger partial charge in [-0.15, -0.1) is 0 Å². The molecule has 0 heterocycles. The first-order chi connectivity index (χ1) is 7.11. The number of carbonyl (C=O) groups is 1. The topological polar surface area (TPSA) is 40.5 Å². The number of hydrogen-bond donors (Lipinski definition) is 1. The van der Waals surface area contributed by atoms with Crippen molar-refractivity contribution in [1.29, 1.82) is 0 Å². The summed E-state index contributed by atoms with van der Waals surface area (Å²) in [5, 5.41) is 8.98. The van der Waals surface area contributed by atoms with Crippen LogP contribution in [-0.2, 0) is 11.2 Å². The number of carboxylic acid groups (broad SMARTS) is 1. The van der Waals surface area contributed by atoms with Gasteiger partial charge in [0, 0.05) is 0 Å². The van der Waals surface area contributed by atoms with E-state index in [0.29, 0.717) is 6.42 Å². The number of carboxylic acids is 1. The maximum atomic E-state index is 10.9. The second-order valence-electron chi connectivity index (χ2n) is 3.84. The van der Waals surface area contributed by atoms with Crippen LogP contribution in [0.25, 0.3) is 0 Å². The molecule has 15 heavy (non-hydrogen) atoms. The first-order valence-electron chi connectivity index (χ1n) is 5.04. The number of aryl methyl sites for hydroxylation is 1. The van der Waals surface area contributed by atoms with Crippen LogP contribution >= 0.6 is 0 Å². The maximum absolute atomic E-state index is 10.9. The van der Waals surface area contributed by atoms with Crippen LogP contribution in [0, 0.1) is 0 Å². The first kappa shape index (κ1) is 11.7. The number of aliphatic carboxylic acids is 1. The van der Waals surface area contributed by atoms with Gasteiger partial charge in [0.15, 0.2) is 0 Å². The summed E-state index contributed by atoms with van der Waals surface area (Å²) in [5.74, 6) is -0.754. The molecule has 1 aromatic rings. The van der Waals surface area contributed by atoms with Gasteiger partial charge in [-0.25, -0.2) is 0 Å². The Bertz CT molecular complexity index is 309. The van der Waals surface area contributed by atoms with Crippen molar-refractivity contribution in [2.75, 3.05) is 14.1 Å². The summed E-state index contributed by atoms with van der Waals surface area (Å²) in [6.07, 6.45) is 1.45. The smallest absolute Gasteiger partial charge is 0.320 e. The van der Waals surface area contributed by atoms with Crippen LogP contribution in [0.3, 0.4) is 0 Å². The summed E-state index contributed by atoms with van der Waals surface area (Å²) in [4.78, 5) is 12.7. The van der Waals surface area contributed by atoms with Gasteiger partial charge in [-0.3, -0.25) is 9.69 Å². The lowest BCUT2D eigenvalue weighted by Gasteiger charge is -2.19. The lowest BCUT2D eigenvalue weighted by Crippen LogP contribution is -2.35. The van der Waals surface area contributed by atoms with Crippen LogP contribution < -0.4 is 0 Å². The van der Waals surface area contributed by atoms with Crippen LogP contribution in [0.2, 0.25) is 0 Å². The summed E-state index contributed by atoms with van der Waals surface area (Å²) in [7, 11) is 3.59. The zero-order chi connectivity index (χ0) is 11.3. The lowest BCUT2D eigenvalue weighted by molar-refractivity contribution is -0.142. The molecule has 0 aliphatic heterocycles. The van der Waals surface area contributed by atoms with Crippen LogP contribution in [0.15, 0.2) is 30.3 Å². The molecule has 0 radical (unpaired) electrons. The molecule has 1 N–H and O–H groups in total. The number of rotatable bonds is 5. The molecule has 0 aromatic heterocycles. The Balaban J connectivity index is 2.51. The minimum atomic E-state index is -0.754. The van der Waals surface area contributed by atoms with Crippen molar-refractivity contribution in [3.63, 3.8) is 0 Å². The molecule has 0 saturated carbocycles. The Morgan fingerprint density at radius 1 is 1.33 bits per heavy atom. The van der Waals surface area contributed by atoms with E-state index in [1.54, 1.807) is 19.0 Å². The fraction of sp³-hybridized carbons (Fsp3) is 0.417. The summed E-state index contributed by atoms with van der Waals surface area (Å²) in [6, 6.07) is 9.56. The molecule has 0 amide bonds. The Morgan fingerprint density at radius 2 is 1.93 bits per heavy atom. The van der Waals surface area contributed by atoms with Gasteiger partial charge in [0.1, 0.15) is 6.04 Å². The maximum Gasteiger partial charge on any atom is 0.320 e. The van der Waals surface area contributed by atoms with E-state index in [4.69, 9.17) is 5.11 Å². The molecule has 0 aliphatic rings. The van der Waals surface area contributed by atoms with E-state index in [1.807, 2.05) is 30.3 Å². The molecule has 1 unspecified atom stereocenters. The molecular weight excluding hydrogens is 190 g/mol. The normalized spacial score (nSPS) is 12.7. The van der Waals surface area contributed by atoms with Crippen LogP contribution in [-0.4, -0.2) is 36.1 Å². The monoisotopic (exact) mass is 207 g/mol. The molecule has 82 valence electrons. The van der Waals surface area contributed by atoms with E-state index in [9.17, 15) is 4.79 Å². The molecule has 0 aliphatic carbocycles. The van der Waals surface area contributed by atoms with E-state index in [0.717, 1.165) is 6.42 Å². The van der Waals surface area contributed by atoms with Gasteiger partial charge >= 0.3 is 5.97 Å². The third-order valence-electron chi connectivity index (χ3n) is 2.46. The van der Waals surface area contributed by atoms with Crippen molar-refractivity contribution >= 4 is 5.97 Å². The van der Waals surface area contributed by atoms with Gasteiger partial charge in [-0.1, -0.05) is 30.3 Å². The number of likely N-dealkylation sites (N-methyl/N-ethyl adjacent to an activating group) is 1. The number of hydrogen-bond acceptors (Lipinski definition) is 2. The Labute approximate surface area is 90.3 Å². The van der Waals surface area contributed by atoms with Gasteiger partial charge in [0.25, 0.3) is 0 Å². The van der Waals surface area contributed by atoms with Crippen molar-refractivity contribution in [3.8, 4) is 0 Å². The van der Waals surface area contributed by atoms with E-state index in [2.05, 4.69) is 0 Å². The molecule has 1 atom stereocenters. The van der Waals surface area contributed by atoms with Crippen molar-refractivity contribution in [1.82, 2.24) is 4.90 Å². The fourth-order valence-corrected chi connectivity index (χ4v) is 1.55. The second kappa shape index (κ2) is 5.51. The van der Waals surface area contributed by atoms with Crippen LogP contribution in [0.4, 0.5) is 0 Å². The zero-order valence-corrected chi connectivity index (χ0v) is 9.18. The van der Waals surface area contributed by atoms with Gasteiger partial charge in [-0.2, -0.15) is 0 Å². The van der Waals surface area contributed by atoms with Crippen LogP contribution in [0.1, 0.15) is 12.0 Å². The van der Waals surface area contributed by atoms with E-state index in [1.165, 1.54) is 5.56 Å². The molecule has 0 fully saturated rings. The highest BCUT2D eigenvalue weighted by Gasteiger charge is 2.18. The van der Waals surface area contributed by atoms with Gasteiger partial charge in [0.2, 0.25) is 0 Å². The predicted molar refractivity (Wildman–Crippen MR) is 59.9 cm³/mol. The van der Waals surface area contributed by atoms with Gasteiger partial charge in [-0.05, 0) is 32.5 Å². The van der Waals surface area contributed by atoms with Crippen molar-refractivity contribution < 1.29 is 9.90 Å². The Morgan fingerprint density at radius 3 is 2.40 bits per heavy atom. The van der Waals surface area contributed by atoms with E-state index >= 15 is 0 Å². The number of benzene rings is 1. The Kier molecular flexibility index (Phi) is 4.31. The highest BCUT2D eigenvalue weighted by Crippen LogP contribution is 2.08. The molecule has 1 aromatic carbocycles. The zero-order valence-electron chi connectivity index (χ0n) is 9.18. The van der Waals surface area contributed by atoms with Crippen LogP contribution in [0.5, 0.6) is 0 Å². The second-order valence-corrected chi connectivity index (χ2v) is 3.84. The fourth-order valence-electron chi connectivity index (χ4n) is 1.55. The molecule has 3 nitrogen and oxygen atoms in total. The van der Waals surface area contributed by atoms with Gasteiger partial charge in [0.05, 0.1) is 0 Å². The van der Waals surface area contributed by atoms with E-state index in [-0.39, 0.29) is 0 Å². The quantitative estimate of drug-likeness (QED) is 0.797. The predicted octanol–water partition coefficient (Wildman–Crippen LogP) is 1.63. The third-order valence-corrected chi connectivity index (χ3v) is 2.46. The first-order valence-corrected chi connectivity index (χ1v) is 5.04. The SMILES string of the molecule is CN(C)C(CCc1ccccc1)C(=O)O.